The van der Waals surface area contributed by atoms with Gasteiger partial charge in [0.1, 0.15) is 5.82 Å². The van der Waals surface area contributed by atoms with Gasteiger partial charge in [-0.15, -0.1) is 0 Å². The normalized spacial score (nSPS) is 9.62. The van der Waals surface area contributed by atoms with Gasteiger partial charge in [-0.3, -0.25) is 4.79 Å². The maximum Gasteiger partial charge on any atom is 0.221 e. The lowest BCUT2D eigenvalue weighted by molar-refractivity contribution is -0.117. The molecular formula is C10H10FNO. The molecule has 0 saturated carbocycles. The van der Waals surface area contributed by atoms with Crippen molar-refractivity contribution in [1.82, 2.24) is 0 Å². The summed E-state index contributed by atoms with van der Waals surface area (Å²) in [6.07, 6.45) is 0.0590. The van der Waals surface area contributed by atoms with Crippen LogP contribution in [0, 0.1) is 5.82 Å². The Hall–Kier alpha value is -1.64. The number of benzene rings is 1. The zero-order valence-electron chi connectivity index (χ0n) is 7.09. The molecule has 0 unspecified atom stereocenters. The maximum absolute atomic E-state index is 12.7. The molecule has 68 valence electrons. The van der Waals surface area contributed by atoms with Crippen molar-refractivity contribution in [2.75, 3.05) is 0 Å². The third kappa shape index (κ3) is 2.71. The number of halogens is 1. The summed E-state index contributed by atoms with van der Waals surface area (Å²) in [5, 5.41) is 0. The highest BCUT2D eigenvalue weighted by molar-refractivity contribution is 5.86. The Kier molecular flexibility index (Phi) is 2.80. The highest BCUT2D eigenvalue weighted by atomic mass is 19.1. The van der Waals surface area contributed by atoms with Crippen LogP contribution in [0.3, 0.4) is 0 Å². The Bertz CT molecular complexity index is 347. The van der Waals surface area contributed by atoms with Gasteiger partial charge in [-0.1, -0.05) is 18.7 Å². The monoisotopic (exact) mass is 179 g/mol. The molecule has 2 nitrogen and oxygen atoms in total. The number of carbonyl (C=O) groups is 1. The van der Waals surface area contributed by atoms with E-state index in [0.717, 1.165) is 0 Å². The van der Waals surface area contributed by atoms with Gasteiger partial charge in [0, 0.05) is 0 Å². The summed E-state index contributed by atoms with van der Waals surface area (Å²) in [6.45, 7) is 3.64. The number of primary amides is 1. The topological polar surface area (TPSA) is 43.1 Å². The first-order valence-corrected chi connectivity index (χ1v) is 3.81. The number of amides is 1. The Labute approximate surface area is 75.9 Å². The number of hydrogen-bond acceptors (Lipinski definition) is 1. The second kappa shape index (κ2) is 3.85. The number of carbonyl (C=O) groups excluding carboxylic acids is 1. The third-order valence-corrected chi connectivity index (χ3v) is 1.62. The highest BCUT2D eigenvalue weighted by Gasteiger charge is 2.03. The molecular weight excluding hydrogens is 169 g/mol. The van der Waals surface area contributed by atoms with Crippen LogP contribution in [0.1, 0.15) is 12.0 Å². The first kappa shape index (κ1) is 9.45. The minimum atomic E-state index is -0.464. The lowest BCUT2D eigenvalue weighted by Gasteiger charge is -2.02. The molecule has 1 aromatic rings. The van der Waals surface area contributed by atoms with Crippen molar-refractivity contribution >= 4 is 11.5 Å². The molecule has 0 heterocycles. The second-order valence-electron chi connectivity index (χ2n) is 2.76. The van der Waals surface area contributed by atoms with Crippen LogP contribution in [0.4, 0.5) is 4.39 Å². The van der Waals surface area contributed by atoms with Gasteiger partial charge in [0.05, 0.1) is 6.42 Å². The van der Waals surface area contributed by atoms with Gasteiger partial charge in [-0.25, -0.2) is 4.39 Å². The maximum atomic E-state index is 12.7. The largest absolute Gasteiger partial charge is 0.369 e. The number of rotatable bonds is 3. The van der Waals surface area contributed by atoms with E-state index in [4.69, 9.17) is 5.73 Å². The van der Waals surface area contributed by atoms with Crippen LogP contribution >= 0.6 is 0 Å². The molecule has 0 bridgehead atoms. The van der Waals surface area contributed by atoms with Crippen molar-refractivity contribution in [1.29, 1.82) is 0 Å². The molecule has 2 N–H and O–H groups in total. The summed E-state index contributed by atoms with van der Waals surface area (Å²) in [7, 11) is 0. The summed E-state index contributed by atoms with van der Waals surface area (Å²) >= 11 is 0. The average molecular weight is 179 g/mol. The molecule has 1 rings (SSSR count). The fourth-order valence-electron chi connectivity index (χ4n) is 1.02. The molecule has 3 heteroatoms. The van der Waals surface area contributed by atoms with Gasteiger partial charge in [0.15, 0.2) is 0 Å². The average Bonchev–Trinajstić information content (AvgIpc) is 2.03. The molecule has 0 fully saturated rings. The van der Waals surface area contributed by atoms with Crippen LogP contribution in [0.25, 0.3) is 5.57 Å². The summed E-state index contributed by atoms with van der Waals surface area (Å²) in [6, 6.07) is 5.91. The van der Waals surface area contributed by atoms with Crippen molar-refractivity contribution in [2.24, 2.45) is 5.73 Å². The van der Waals surface area contributed by atoms with E-state index in [9.17, 15) is 9.18 Å². The van der Waals surface area contributed by atoms with Crippen LogP contribution in [-0.4, -0.2) is 5.91 Å². The SMILES string of the molecule is C=C(CC(N)=O)c1cccc(F)c1. The van der Waals surface area contributed by atoms with E-state index in [1.54, 1.807) is 12.1 Å². The van der Waals surface area contributed by atoms with E-state index in [2.05, 4.69) is 6.58 Å². The smallest absolute Gasteiger partial charge is 0.221 e. The molecule has 0 aromatic heterocycles. The molecule has 0 aliphatic rings. The van der Waals surface area contributed by atoms with Crippen LogP contribution in [0.15, 0.2) is 30.8 Å². The van der Waals surface area contributed by atoms with E-state index < -0.39 is 5.91 Å². The van der Waals surface area contributed by atoms with Crippen molar-refractivity contribution in [3.8, 4) is 0 Å². The highest BCUT2D eigenvalue weighted by Crippen LogP contribution is 2.16. The molecule has 0 spiro atoms. The van der Waals surface area contributed by atoms with E-state index >= 15 is 0 Å². The van der Waals surface area contributed by atoms with Crippen molar-refractivity contribution < 1.29 is 9.18 Å². The Morgan fingerprint density at radius 2 is 2.23 bits per heavy atom. The molecule has 13 heavy (non-hydrogen) atoms. The first-order chi connectivity index (χ1) is 6.09. The van der Waals surface area contributed by atoms with Gasteiger partial charge in [-0.05, 0) is 23.3 Å². The van der Waals surface area contributed by atoms with Crippen molar-refractivity contribution in [3.05, 3.63) is 42.2 Å². The Balaban J connectivity index is 2.83. The molecule has 1 amide bonds. The van der Waals surface area contributed by atoms with E-state index in [1.165, 1.54) is 12.1 Å². The summed E-state index contributed by atoms with van der Waals surface area (Å²) in [5.41, 5.74) is 6.12. The zero-order chi connectivity index (χ0) is 9.84. The minimum absolute atomic E-state index is 0.0590. The molecule has 0 atom stereocenters. The Morgan fingerprint density at radius 1 is 1.54 bits per heavy atom. The summed E-state index contributed by atoms with van der Waals surface area (Å²) in [5.74, 6) is -0.808. The minimum Gasteiger partial charge on any atom is -0.369 e. The zero-order valence-corrected chi connectivity index (χ0v) is 7.09. The second-order valence-corrected chi connectivity index (χ2v) is 2.76. The number of hydrogen-bond donors (Lipinski definition) is 1. The lowest BCUT2D eigenvalue weighted by Crippen LogP contribution is -2.10. The molecule has 0 saturated heterocycles. The fourth-order valence-corrected chi connectivity index (χ4v) is 1.02. The molecule has 0 aliphatic heterocycles. The van der Waals surface area contributed by atoms with E-state index in [0.29, 0.717) is 11.1 Å². The van der Waals surface area contributed by atoms with Crippen LogP contribution in [-0.2, 0) is 4.79 Å². The predicted molar refractivity (Wildman–Crippen MR) is 49.2 cm³/mol. The fraction of sp³-hybridized carbons (Fsp3) is 0.100. The summed E-state index contributed by atoms with van der Waals surface area (Å²) in [4.78, 5) is 10.5. The van der Waals surface area contributed by atoms with E-state index in [1.807, 2.05) is 0 Å². The molecule has 0 aliphatic carbocycles. The number of nitrogens with two attached hydrogens (primary N) is 1. The van der Waals surface area contributed by atoms with Crippen LogP contribution in [0.2, 0.25) is 0 Å². The van der Waals surface area contributed by atoms with Gasteiger partial charge in [-0.2, -0.15) is 0 Å². The van der Waals surface area contributed by atoms with Gasteiger partial charge in [0.25, 0.3) is 0 Å². The van der Waals surface area contributed by atoms with Crippen LogP contribution in [0.5, 0.6) is 0 Å². The van der Waals surface area contributed by atoms with Crippen LogP contribution < -0.4 is 5.73 Å². The van der Waals surface area contributed by atoms with Crippen molar-refractivity contribution in [3.63, 3.8) is 0 Å². The standard InChI is InChI=1S/C10H10FNO/c1-7(5-10(12)13)8-3-2-4-9(11)6-8/h2-4,6H,1,5H2,(H2,12,13). The Morgan fingerprint density at radius 3 is 2.77 bits per heavy atom. The molecule has 0 radical (unpaired) electrons. The predicted octanol–water partition coefficient (Wildman–Crippen LogP) is 1.71. The van der Waals surface area contributed by atoms with Gasteiger partial charge >= 0.3 is 0 Å². The third-order valence-electron chi connectivity index (χ3n) is 1.62. The lowest BCUT2D eigenvalue weighted by atomic mass is 10.0. The van der Waals surface area contributed by atoms with E-state index in [-0.39, 0.29) is 12.2 Å². The first-order valence-electron chi connectivity index (χ1n) is 3.81. The van der Waals surface area contributed by atoms with Gasteiger partial charge in [0.2, 0.25) is 5.91 Å². The quantitative estimate of drug-likeness (QED) is 0.754. The van der Waals surface area contributed by atoms with Crippen molar-refractivity contribution in [2.45, 2.75) is 6.42 Å². The van der Waals surface area contributed by atoms with Gasteiger partial charge < -0.3 is 5.73 Å². The summed E-state index contributed by atoms with van der Waals surface area (Å²) < 4.78 is 12.7. The molecule has 1 aromatic carbocycles.